The van der Waals surface area contributed by atoms with Crippen LogP contribution in [0.4, 0.5) is 0 Å². The van der Waals surface area contributed by atoms with Gasteiger partial charge in [-0.15, -0.1) is 0 Å². The predicted molar refractivity (Wildman–Crippen MR) is 85.9 cm³/mol. The molecule has 0 saturated heterocycles. The number of hydrogen-bond donors (Lipinski definition) is 1. The quantitative estimate of drug-likeness (QED) is 0.931. The van der Waals surface area contributed by atoms with Crippen molar-refractivity contribution in [3.05, 3.63) is 60.2 Å². The van der Waals surface area contributed by atoms with Crippen molar-refractivity contribution >= 4 is 15.7 Å². The van der Waals surface area contributed by atoms with Gasteiger partial charge in [-0.25, -0.2) is 8.42 Å². The van der Waals surface area contributed by atoms with E-state index in [-0.39, 0.29) is 24.3 Å². The maximum absolute atomic E-state index is 12.1. The summed E-state index contributed by atoms with van der Waals surface area (Å²) in [6, 6.07) is 15.6. The first-order valence-corrected chi connectivity index (χ1v) is 9.00. The minimum absolute atomic E-state index is 0.0362. The molecule has 1 unspecified atom stereocenters. The fourth-order valence-corrected chi connectivity index (χ4v) is 4.26. The first-order valence-electron chi connectivity index (χ1n) is 7.35. The topological polar surface area (TPSA) is 72.5 Å². The van der Waals surface area contributed by atoms with Crippen molar-refractivity contribution in [2.45, 2.75) is 17.4 Å². The van der Waals surface area contributed by atoms with Gasteiger partial charge in [-0.2, -0.15) is 0 Å². The molecule has 23 heavy (non-hydrogen) atoms. The summed E-state index contributed by atoms with van der Waals surface area (Å²) in [7, 11) is -3.25. The minimum Gasteiger partial charge on any atom is -0.484 e. The normalized spacial score (nSPS) is 18.7. The highest BCUT2D eigenvalue weighted by Crippen LogP contribution is 2.31. The summed E-state index contributed by atoms with van der Waals surface area (Å²) >= 11 is 0. The molecule has 6 heteroatoms. The number of hydrogen-bond acceptors (Lipinski definition) is 4. The lowest BCUT2D eigenvalue weighted by molar-refractivity contribution is -0.123. The van der Waals surface area contributed by atoms with E-state index in [1.807, 2.05) is 18.2 Å². The molecular weight excluding hydrogens is 314 g/mol. The van der Waals surface area contributed by atoms with Crippen LogP contribution >= 0.6 is 0 Å². The Morgan fingerprint density at radius 1 is 1.09 bits per heavy atom. The smallest absolute Gasteiger partial charge is 0.258 e. The van der Waals surface area contributed by atoms with Crippen LogP contribution < -0.4 is 10.1 Å². The van der Waals surface area contributed by atoms with Gasteiger partial charge in [0.05, 0.1) is 16.7 Å². The zero-order chi connectivity index (χ0) is 16.3. The van der Waals surface area contributed by atoms with Crippen LogP contribution in [0.2, 0.25) is 0 Å². The number of rotatable bonds is 4. The molecule has 1 aliphatic heterocycles. The molecule has 0 spiro atoms. The van der Waals surface area contributed by atoms with Crippen molar-refractivity contribution in [3.63, 3.8) is 0 Å². The second-order valence-corrected chi connectivity index (χ2v) is 7.44. The Balaban J connectivity index is 1.68. The molecule has 0 saturated carbocycles. The first-order chi connectivity index (χ1) is 11.1. The number of carbonyl (C=O) groups excluding carboxylic acids is 1. The van der Waals surface area contributed by atoms with E-state index < -0.39 is 9.84 Å². The van der Waals surface area contributed by atoms with E-state index in [0.29, 0.717) is 22.6 Å². The zero-order valence-electron chi connectivity index (χ0n) is 12.4. The van der Waals surface area contributed by atoms with Gasteiger partial charge in [0.25, 0.3) is 5.91 Å². The molecule has 1 N–H and O–H groups in total. The monoisotopic (exact) mass is 331 g/mol. The molecule has 3 rings (SSSR count). The predicted octanol–water partition coefficient (Wildman–Crippen LogP) is 2.10. The number of carbonyl (C=O) groups is 1. The van der Waals surface area contributed by atoms with Crippen LogP contribution in [0.1, 0.15) is 18.0 Å². The second-order valence-electron chi connectivity index (χ2n) is 5.37. The van der Waals surface area contributed by atoms with Crippen LogP contribution in [0, 0.1) is 0 Å². The standard InChI is InChI=1S/C17H17NO4S/c19-17(12-22-13-6-2-1-3-7-13)18-15-10-11-23(20,21)16-9-5-4-8-14(15)16/h1-9,15H,10-12H2,(H,18,19). The number of nitrogens with one attached hydrogen (secondary N) is 1. The molecule has 2 aromatic rings. The molecule has 0 fully saturated rings. The lowest BCUT2D eigenvalue weighted by Gasteiger charge is -2.26. The molecule has 1 aliphatic rings. The number of benzene rings is 2. The average molecular weight is 331 g/mol. The molecule has 0 radical (unpaired) electrons. The lowest BCUT2D eigenvalue weighted by Crippen LogP contribution is -2.36. The van der Waals surface area contributed by atoms with Gasteiger partial charge in [0.15, 0.2) is 16.4 Å². The SMILES string of the molecule is O=C(COc1ccccc1)NC1CCS(=O)(=O)c2ccccc21. The van der Waals surface area contributed by atoms with E-state index >= 15 is 0 Å². The van der Waals surface area contributed by atoms with Crippen molar-refractivity contribution in [2.75, 3.05) is 12.4 Å². The zero-order valence-corrected chi connectivity index (χ0v) is 13.3. The fraction of sp³-hybridized carbons (Fsp3) is 0.235. The molecule has 0 aromatic heterocycles. The fourth-order valence-electron chi connectivity index (χ4n) is 2.64. The van der Waals surface area contributed by atoms with E-state index in [0.717, 1.165) is 0 Å². The molecule has 1 heterocycles. The van der Waals surface area contributed by atoms with Crippen LogP contribution in [0.15, 0.2) is 59.5 Å². The van der Waals surface area contributed by atoms with Gasteiger partial charge in [0.2, 0.25) is 0 Å². The summed E-state index contributed by atoms with van der Waals surface area (Å²) < 4.78 is 29.6. The summed E-state index contributed by atoms with van der Waals surface area (Å²) in [5.74, 6) is 0.385. The number of fused-ring (bicyclic) bond motifs is 1. The first kappa shape index (κ1) is 15.6. The Morgan fingerprint density at radius 2 is 1.78 bits per heavy atom. The number of sulfone groups is 1. The van der Waals surface area contributed by atoms with Gasteiger partial charge in [-0.05, 0) is 30.2 Å². The van der Waals surface area contributed by atoms with E-state index in [9.17, 15) is 13.2 Å². The van der Waals surface area contributed by atoms with Gasteiger partial charge < -0.3 is 10.1 Å². The highest BCUT2D eigenvalue weighted by atomic mass is 32.2. The second kappa shape index (κ2) is 6.42. The highest BCUT2D eigenvalue weighted by Gasteiger charge is 2.30. The maximum atomic E-state index is 12.1. The van der Waals surface area contributed by atoms with Crippen molar-refractivity contribution in [3.8, 4) is 5.75 Å². The third-order valence-electron chi connectivity index (χ3n) is 3.75. The van der Waals surface area contributed by atoms with Crippen molar-refractivity contribution < 1.29 is 17.9 Å². The van der Waals surface area contributed by atoms with Crippen LogP contribution in [0.3, 0.4) is 0 Å². The number of amides is 1. The van der Waals surface area contributed by atoms with Gasteiger partial charge in [-0.3, -0.25) is 4.79 Å². The van der Waals surface area contributed by atoms with Crippen molar-refractivity contribution in [2.24, 2.45) is 0 Å². The Hall–Kier alpha value is -2.34. The summed E-state index contributed by atoms with van der Waals surface area (Å²) in [6.45, 7) is -0.102. The Kier molecular flexibility index (Phi) is 4.34. The lowest BCUT2D eigenvalue weighted by atomic mass is 10.0. The van der Waals surface area contributed by atoms with E-state index in [1.165, 1.54) is 0 Å². The molecule has 120 valence electrons. The summed E-state index contributed by atoms with van der Waals surface area (Å²) in [6.07, 6.45) is 0.371. The summed E-state index contributed by atoms with van der Waals surface area (Å²) in [4.78, 5) is 12.4. The Bertz CT molecular complexity index is 802. The summed E-state index contributed by atoms with van der Waals surface area (Å²) in [5.41, 5.74) is 0.645. The maximum Gasteiger partial charge on any atom is 0.258 e. The molecule has 1 atom stereocenters. The van der Waals surface area contributed by atoms with Crippen LogP contribution in [0.25, 0.3) is 0 Å². The van der Waals surface area contributed by atoms with E-state index in [4.69, 9.17) is 4.74 Å². The Labute approximate surface area is 135 Å². The molecular formula is C17H17NO4S. The minimum atomic E-state index is -3.25. The van der Waals surface area contributed by atoms with Crippen LogP contribution in [-0.2, 0) is 14.6 Å². The van der Waals surface area contributed by atoms with Crippen LogP contribution in [-0.4, -0.2) is 26.7 Å². The largest absolute Gasteiger partial charge is 0.484 e. The van der Waals surface area contributed by atoms with Crippen LogP contribution in [0.5, 0.6) is 5.75 Å². The average Bonchev–Trinajstić information content (AvgIpc) is 2.57. The van der Waals surface area contributed by atoms with E-state index in [1.54, 1.807) is 36.4 Å². The van der Waals surface area contributed by atoms with Gasteiger partial charge in [-0.1, -0.05) is 36.4 Å². The molecule has 2 aromatic carbocycles. The van der Waals surface area contributed by atoms with Gasteiger partial charge in [0.1, 0.15) is 5.75 Å². The van der Waals surface area contributed by atoms with Crippen molar-refractivity contribution in [1.29, 1.82) is 0 Å². The summed E-state index contributed by atoms with van der Waals surface area (Å²) in [5, 5.41) is 2.85. The van der Waals surface area contributed by atoms with E-state index in [2.05, 4.69) is 5.32 Å². The molecule has 5 nitrogen and oxygen atoms in total. The molecule has 0 aliphatic carbocycles. The number of ether oxygens (including phenoxy) is 1. The third-order valence-corrected chi connectivity index (χ3v) is 5.57. The number of para-hydroxylation sites is 1. The molecule has 0 bridgehead atoms. The highest BCUT2D eigenvalue weighted by molar-refractivity contribution is 7.91. The van der Waals surface area contributed by atoms with Crippen molar-refractivity contribution in [1.82, 2.24) is 5.32 Å². The van der Waals surface area contributed by atoms with Gasteiger partial charge in [0, 0.05) is 0 Å². The van der Waals surface area contributed by atoms with Gasteiger partial charge >= 0.3 is 0 Å². The third kappa shape index (κ3) is 3.53. The molecule has 1 amide bonds. The Morgan fingerprint density at radius 3 is 2.57 bits per heavy atom.